The van der Waals surface area contributed by atoms with Crippen LogP contribution in [0.4, 0.5) is 21.6 Å². The number of halogens is 1. The van der Waals surface area contributed by atoms with Gasteiger partial charge in [-0.25, -0.2) is 9.37 Å². The van der Waals surface area contributed by atoms with Crippen molar-refractivity contribution in [3.8, 4) is 0 Å². The Balaban J connectivity index is 1.62. The highest BCUT2D eigenvalue weighted by molar-refractivity contribution is 5.53. The summed E-state index contributed by atoms with van der Waals surface area (Å²) >= 11 is 0. The molecule has 1 aromatic heterocycles. The smallest absolute Gasteiger partial charge is 0.357 e. The molecule has 120 valence electrons. The molecule has 2 N–H and O–H groups in total. The van der Waals surface area contributed by atoms with Crippen molar-refractivity contribution in [2.24, 2.45) is 0 Å². The van der Waals surface area contributed by atoms with Crippen LogP contribution in [0.1, 0.15) is 12.8 Å². The van der Waals surface area contributed by atoms with Gasteiger partial charge in [0.25, 0.3) is 0 Å². The number of H-pyrrole nitrogens is 1. The van der Waals surface area contributed by atoms with E-state index in [0.717, 1.165) is 31.6 Å². The Bertz CT molecular complexity index is 685. The molecule has 7 heteroatoms. The van der Waals surface area contributed by atoms with Gasteiger partial charge in [0, 0.05) is 30.6 Å². The van der Waals surface area contributed by atoms with Gasteiger partial charge in [-0.05, 0) is 30.3 Å². The lowest BCUT2D eigenvalue weighted by Crippen LogP contribution is -2.41. The van der Waals surface area contributed by atoms with Gasteiger partial charge in [-0.2, -0.15) is 0 Å². The van der Waals surface area contributed by atoms with E-state index in [1.165, 1.54) is 18.2 Å². The second kappa shape index (κ2) is 6.60. The van der Waals surface area contributed by atoms with Crippen molar-refractivity contribution < 1.29 is 14.3 Å². The molecule has 1 aromatic carbocycles. The Kier molecular flexibility index (Phi) is 4.36. The number of pyridine rings is 1. The summed E-state index contributed by atoms with van der Waals surface area (Å²) in [4.78, 5) is 15.7. The van der Waals surface area contributed by atoms with Crippen LogP contribution in [0.25, 0.3) is 0 Å². The minimum absolute atomic E-state index is 0.0949. The van der Waals surface area contributed by atoms with E-state index < -0.39 is 0 Å². The summed E-state index contributed by atoms with van der Waals surface area (Å²) in [5, 5.41) is 14.5. The van der Waals surface area contributed by atoms with E-state index in [1.807, 2.05) is 4.90 Å². The van der Waals surface area contributed by atoms with Gasteiger partial charge in [0.2, 0.25) is 0 Å². The number of nitro groups is 1. The largest absolute Gasteiger partial charge is 0.382 e. The number of nitrogens with one attached hydrogen (secondary N) is 2. The van der Waals surface area contributed by atoms with Gasteiger partial charge >= 0.3 is 11.5 Å². The number of aromatic nitrogens is 1. The van der Waals surface area contributed by atoms with E-state index in [1.54, 1.807) is 24.4 Å². The molecule has 1 aliphatic rings. The molecule has 0 unspecified atom stereocenters. The fourth-order valence-corrected chi connectivity index (χ4v) is 2.85. The maximum absolute atomic E-state index is 12.9. The number of hydrogen-bond donors (Lipinski definition) is 1. The van der Waals surface area contributed by atoms with Crippen LogP contribution in [0.15, 0.2) is 42.6 Å². The molecule has 23 heavy (non-hydrogen) atoms. The standard InChI is InChI=1S/C16H17FN4O2/c17-12-3-5-13(6-4-12)19-14-7-10-20(11-8-14)16-15(21(22)23)2-1-9-18-16/h1-6,9,14,19H,7-8,10-11H2/p+1. The molecule has 2 heterocycles. The van der Waals surface area contributed by atoms with Crippen molar-refractivity contribution in [2.45, 2.75) is 18.9 Å². The summed E-state index contributed by atoms with van der Waals surface area (Å²) < 4.78 is 12.9. The molecule has 3 rings (SSSR count). The van der Waals surface area contributed by atoms with Crippen molar-refractivity contribution in [3.63, 3.8) is 0 Å². The maximum Gasteiger partial charge on any atom is 0.357 e. The molecule has 1 fully saturated rings. The first-order valence-corrected chi connectivity index (χ1v) is 7.55. The highest BCUT2D eigenvalue weighted by Crippen LogP contribution is 2.26. The van der Waals surface area contributed by atoms with Gasteiger partial charge in [0.1, 0.15) is 5.82 Å². The molecular formula is C16H18FN4O2+. The number of rotatable bonds is 4. The van der Waals surface area contributed by atoms with Gasteiger partial charge in [0.15, 0.2) is 0 Å². The van der Waals surface area contributed by atoms with Crippen LogP contribution >= 0.6 is 0 Å². The average molecular weight is 317 g/mol. The second-order valence-electron chi connectivity index (χ2n) is 5.57. The van der Waals surface area contributed by atoms with Crippen molar-refractivity contribution in [1.29, 1.82) is 0 Å². The number of hydrogen-bond acceptors (Lipinski definition) is 4. The Morgan fingerprint density at radius 2 is 1.91 bits per heavy atom. The second-order valence-corrected chi connectivity index (χ2v) is 5.57. The van der Waals surface area contributed by atoms with Crippen LogP contribution in [-0.2, 0) is 0 Å². The fourth-order valence-electron chi connectivity index (χ4n) is 2.85. The molecule has 0 atom stereocenters. The van der Waals surface area contributed by atoms with Crippen LogP contribution < -0.4 is 15.2 Å². The van der Waals surface area contributed by atoms with Gasteiger partial charge < -0.3 is 5.32 Å². The molecular weight excluding hydrogens is 299 g/mol. The molecule has 1 aliphatic heterocycles. The molecule has 2 aromatic rings. The summed E-state index contributed by atoms with van der Waals surface area (Å²) in [6, 6.07) is 9.72. The number of aromatic amines is 1. The Morgan fingerprint density at radius 3 is 2.57 bits per heavy atom. The summed E-state index contributed by atoms with van der Waals surface area (Å²) in [6.45, 7) is 1.44. The van der Waals surface area contributed by atoms with E-state index >= 15 is 0 Å². The van der Waals surface area contributed by atoms with Crippen molar-refractivity contribution in [1.82, 2.24) is 0 Å². The first kappa shape index (κ1) is 15.2. The third-order valence-electron chi connectivity index (χ3n) is 4.04. The predicted octanol–water partition coefficient (Wildman–Crippen LogP) is 2.63. The fraction of sp³-hybridized carbons (Fsp3) is 0.312. The van der Waals surface area contributed by atoms with Crippen LogP contribution in [0.5, 0.6) is 0 Å². The zero-order chi connectivity index (χ0) is 16.2. The summed E-state index contributed by atoms with van der Waals surface area (Å²) in [5.41, 5.74) is 0.986. The van der Waals surface area contributed by atoms with Crippen LogP contribution in [0.2, 0.25) is 0 Å². The molecule has 0 aliphatic carbocycles. The minimum atomic E-state index is -0.366. The maximum atomic E-state index is 12.9. The number of piperidine rings is 1. The van der Waals surface area contributed by atoms with E-state index in [4.69, 9.17) is 0 Å². The lowest BCUT2D eigenvalue weighted by Gasteiger charge is -2.28. The molecule has 1 saturated heterocycles. The quantitative estimate of drug-likeness (QED) is 0.695. The van der Waals surface area contributed by atoms with Gasteiger partial charge in [0.05, 0.1) is 24.2 Å². The van der Waals surface area contributed by atoms with Gasteiger partial charge in [-0.1, -0.05) is 0 Å². The number of anilines is 2. The van der Waals surface area contributed by atoms with Crippen molar-refractivity contribution in [3.05, 3.63) is 58.5 Å². The number of benzene rings is 1. The van der Waals surface area contributed by atoms with E-state index in [2.05, 4.69) is 10.3 Å². The Hall–Kier alpha value is -2.70. The lowest BCUT2D eigenvalue weighted by atomic mass is 10.0. The monoisotopic (exact) mass is 317 g/mol. The lowest BCUT2D eigenvalue weighted by molar-refractivity contribution is -0.411. The normalized spacial score (nSPS) is 15.4. The highest BCUT2D eigenvalue weighted by atomic mass is 19.1. The van der Waals surface area contributed by atoms with Crippen molar-refractivity contribution in [2.75, 3.05) is 23.3 Å². The minimum Gasteiger partial charge on any atom is -0.382 e. The molecule has 0 radical (unpaired) electrons. The molecule has 0 spiro atoms. The third kappa shape index (κ3) is 3.56. The zero-order valence-electron chi connectivity index (χ0n) is 12.5. The molecule has 0 bridgehead atoms. The number of nitrogens with zero attached hydrogens (tertiary/aromatic N) is 2. The van der Waals surface area contributed by atoms with Crippen LogP contribution in [-0.4, -0.2) is 24.1 Å². The third-order valence-corrected chi connectivity index (χ3v) is 4.04. The van der Waals surface area contributed by atoms with Gasteiger partial charge in [-0.3, -0.25) is 15.0 Å². The van der Waals surface area contributed by atoms with E-state index in [0.29, 0.717) is 5.82 Å². The predicted molar refractivity (Wildman–Crippen MR) is 84.9 cm³/mol. The molecule has 0 amide bonds. The summed E-state index contributed by atoms with van der Waals surface area (Å²) in [5.74, 6) is 0.301. The summed E-state index contributed by atoms with van der Waals surface area (Å²) in [6.07, 6.45) is 3.42. The van der Waals surface area contributed by atoms with E-state index in [9.17, 15) is 14.5 Å². The van der Waals surface area contributed by atoms with Crippen molar-refractivity contribution >= 4 is 17.2 Å². The topological polar surface area (TPSA) is 72.5 Å². The van der Waals surface area contributed by atoms with Crippen LogP contribution in [0, 0.1) is 15.9 Å². The highest BCUT2D eigenvalue weighted by Gasteiger charge is 2.31. The Labute approximate surface area is 133 Å². The first-order chi connectivity index (χ1) is 11.1. The van der Waals surface area contributed by atoms with E-state index in [-0.39, 0.29) is 22.5 Å². The molecule has 0 saturated carbocycles. The molecule has 6 nitrogen and oxygen atoms in total. The van der Waals surface area contributed by atoms with Crippen LogP contribution in [0.3, 0.4) is 0 Å². The van der Waals surface area contributed by atoms with Gasteiger partial charge in [-0.15, -0.1) is 0 Å². The SMILES string of the molecule is O=[N+]([O-])c1ccc[nH+]c1N1CCC(Nc2ccc(F)cc2)CC1. The zero-order valence-corrected chi connectivity index (χ0v) is 12.5. The first-order valence-electron chi connectivity index (χ1n) is 7.55. The summed E-state index contributed by atoms with van der Waals surface area (Å²) in [7, 11) is 0. The average Bonchev–Trinajstić information content (AvgIpc) is 2.58. The Morgan fingerprint density at radius 1 is 1.22 bits per heavy atom.